The Morgan fingerprint density at radius 3 is 2.15 bits per heavy atom. The number of hydrogen-bond acceptors (Lipinski definition) is 7. The minimum atomic E-state index is -0.699. The number of hydrogen-bond donors (Lipinski definition) is 1. The van der Waals surface area contributed by atoms with Crippen molar-refractivity contribution in [3.05, 3.63) is 65.9 Å². The second kappa shape index (κ2) is 9.19. The minimum absolute atomic E-state index is 0.0511. The molecule has 0 saturated carbocycles. The molecule has 0 unspecified atom stereocenters. The lowest BCUT2D eigenvalue weighted by molar-refractivity contribution is -0.138. The van der Waals surface area contributed by atoms with Crippen molar-refractivity contribution >= 4 is 23.6 Å². The van der Waals surface area contributed by atoms with E-state index in [0.29, 0.717) is 11.3 Å². The molecule has 1 N–H and O–H groups in total. The van der Waals surface area contributed by atoms with Gasteiger partial charge in [-0.25, -0.2) is 14.4 Å². The van der Waals surface area contributed by atoms with Crippen molar-refractivity contribution in [2.24, 2.45) is 0 Å². The van der Waals surface area contributed by atoms with Gasteiger partial charge in [-0.3, -0.25) is 0 Å². The molecule has 0 fully saturated rings. The van der Waals surface area contributed by atoms with E-state index in [1.807, 2.05) is 18.2 Å². The van der Waals surface area contributed by atoms with Gasteiger partial charge in [0.15, 0.2) is 0 Å². The first-order chi connectivity index (χ1) is 13.0. The van der Waals surface area contributed by atoms with Crippen molar-refractivity contribution in [1.29, 1.82) is 0 Å². The molecule has 2 aromatic carbocycles. The Balaban J connectivity index is 2.24. The molecule has 0 aliphatic carbocycles. The van der Waals surface area contributed by atoms with Crippen molar-refractivity contribution in [2.45, 2.75) is 0 Å². The SMILES string of the molecule is COC(=O)/C=C(/Nc1ccc(-c2cccc(C(=O)OC)c2)cc1)C(=O)OC. The van der Waals surface area contributed by atoms with Crippen molar-refractivity contribution in [3.8, 4) is 11.1 Å². The molecule has 2 aromatic rings. The van der Waals surface area contributed by atoms with E-state index in [-0.39, 0.29) is 5.70 Å². The number of esters is 3. The predicted molar refractivity (Wildman–Crippen MR) is 99.0 cm³/mol. The van der Waals surface area contributed by atoms with Gasteiger partial charge in [-0.1, -0.05) is 24.3 Å². The maximum atomic E-state index is 11.8. The van der Waals surface area contributed by atoms with Crippen LogP contribution in [0.4, 0.5) is 5.69 Å². The largest absolute Gasteiger partial charge is 0.466 e. The van der Waals surface area contributed by atoms with E-state index in [0.717, 1.165) is 17.2 Å². The molecule has 0 amide bonds. The van der Waals surface area contributed by atoms with E-state index in [2.05, 4.69) is 14.8 Å². The molecule has 7 heteroatoms. The van der Waals surface area contributed by atoms with Gasteiger partial charge < -0.3 is 19.5 Å². The van der Waals surface area contributed by atoms with Gasteiger partial charge in [-0.05, 0) is 35.4 Å². The molecule has 140 valence electrons. The van der Waals surface area contributed by atoms with Crippen LogP contribution >= 0.6 is 0 Å². The molecule has 0 bridgehead atoms. The van der Waals surface area contributed by atoms with Gasteiger partial charge >= 0.3 is 17.9 Å². The Bertz CT molecular complexity index is 870. The fraction of sp³-hybridized carbons (Fsp3) is 0.150. The summed E-state index contributed by atoms with van der Waals surface area (Å²) in [6.07, 6.45) is 1.01. The first kappa shape index (κ1) is 19.7. The lowest BCUT2D eigenvalue weighted by atomic mass is 10.0. The van der Waals surface area contributed by atoms with Crippen LogP contribution in [-0.4, -0.2) is 39.2 Å². The Hall–Kier alpha value is -3.61. The summed E-state index contributed by atoms with van der Waals surface area (Å²) in [5.41, 5.74) is 2.67. The molecule has 0 radical (unpaired) electrons. The second-order valence-electron chi connectivity index (χ2n) is 5.35. The molecule has 0 saturated heterocycles. The number of benzene rings is 2. The first-order valence-electron chi connectivity index (χ1n) is 7.92. The molecule has 0 aliphatic rings. The van der Waals surface area contributed by atoms with Crippen LogP contribution in [0.3, 0.4) is 0 Å². The number of anilines is 1. The van der Waals surface area contributed by atoms with Crippen LogP contribution in [0.15, 0.2) is 60.3 Å². The Labute approximate surface area is 156 Å². The Morgan fingerprint density at radius 2 is 1.56 bits per heavy atom. The maximum Gasteiger partial charge on any atom is 0.354 e. The Kier molecular flexibility index (Phi) is 6.71. The van der Waals surface area contributed by atoms with Crippen LogP contribution in [-0.2, 0) is 23.8 Å². The van der Waals surface area contributed by atoms with Crippen LogP contribution in [0.25, 0.3) is 11.1 Å². The van der Waals surface area contributed by atoms with E-state index >= 15 is 0 Å². The third-order valence-electron chi connectivity index (χ3n) is 3.65. The standard InChI is InChI=1S/C20H19NO6/c1-25-18(22)12-17(20(24)27-3)21-16-9-7-13(8-10-16)14-5-4-6-15(11-14)19(23)26-2/h4-12,21H,1-3H3/b17-12+. The van der Waals surface area contributed by atoms with Gasteiger partial charge in [0.1, 0.15) is 5.70 Å². The molecule has 0 heterocycles. The molecule has 0 aromatic heterocycles. The van der Waals surface area contributed by atoms with Gasteiger partial charge in [0, 0.05) is 5.69 Å². The van der Waals surface area contributed by atoms with Gasteiger partial charge in [-0.2, -0.15) is 0 Å². The zero-order valence-electron chi connectivity index (χ0n) is 15.1. The smallest absolute Gasteiger partial charge is 0.354 e. The van der Waals surface area contributed by atoms with Gasteiger partial charge in [-0.15, -0.1) is 0 Å². The molecule has 27 heavy (non-hydrogen) atoms. The monoisotopic (exact) mass is 369 g/mol. The van der Waals surface area contributed by atoms with Crippen molar-refractivity contribution in [3.63, 3.8) is 0 Å². The third-order valence-corrected chi connectivity index (χ3v) is 3.65. The van der Waals surface area contributed by atoms with E-state index in [9.17, 15) is 14.4 Å². The van der Waals surface area contributed by atoms with Crippen molar-refractivity contribution in [1.82, 2.24) is 0 Å². The number of nitrogens with one attached hydrogen (secondary N) is 1. The summed E-state index contributed by atoms with van der Waals surface area (Å²) in [6, 6.07) is 14.1. The summed E-state index contributed by atoms with van der Waals surface area (Å²) in [5, 5.41) is 2.82. The highest BCUT2D eigenvalue weighted by Crippen LogP contribution is 2.23. The van der Waals surface area contributed by atoms with Crippen molar-refractivity contribution in [2.75, 3.05) is 26.6 Å². The van der Waals surface area contributed by atoms with E-state index < -0.39 is 17.9 Å². The lowest BCUT2D eigenvalue weighted by Crippen LogP contribution is -2.15. The molecule has 7 nitrogen and oxygen atoms in total. The quantitative estimate of drug-likeness (QED) is 0.476. The molecular formula is C20H19NO6. The summed E-state index contributed by atoms with van der Waals surface area (Å²) in [4.78, 5) is 34.8. The molecular weight excluding hydrogens is 350 g/mol. The van der Waals surface area contributed by atoms with Crippen LogP contribution in [0, 0.1) is 0 Å². The number of carbonyl (C=O) groups is 3. The zero-order chi connectivity index (χ0) is 19.8. The molecule has 0 atom stereocenters. The maximum absolute atomic E-state index is 11.8. The van der Waals surface area contributed by atoms with E-state index in [4.69, 9.17) is 4.74 Å². The number of ether oxygens (including phenoxy) is 3. The molecule has 0 spiro atoms. The summed E-state index contributed by atoms with van der Waals surface area (Å²) in [7, 11) is 3.76. The minimum Gasteiger partial charge on any atom is -0.466 e. The van der Waals surface area contributed by atoms with E-state index in [1.54, 1.807) is 30.3 Å². The van der Waals surface area contributed by atoms with Gasteiger partial charge in [0.2, 0.25) is 0 Å². The summed E-state index contributed by atoms with van der Waals surface area (Å²) < 4.78 is 13.9. The average molecular weight is 369 g/mol. The number of carbonyl (C=O) groups excluding carboxylic acids is 3. The highest BCUT2D eigenvalue weighted by Gasteiger charge is 2.13. The lowest BCUT2D eigenvalue weighted by Gasteiger charge is -2.10. The Morgan fingerprint density at radius 1 is 0.852 bits per heavy atom. The first-order valence-corrected chi connectivity index (χ1v) is 7.92. The van der Waals surface area contributed by atoms with Gasteiger partial charge in [0.25, 0.3) is 0 Å². The highest BCUT2D eigenvalue weighted by molar-refractivity contribution is 5.98. The summed E-state index contributed by atoms with van der Waals surface area (Å²) in [6.45, 7) is 0. The van der Waals surface area contributed by atoms with Crippen LogP contribution < -0.4 is 5.32 Å². The topological polar surface area (TPSA) is 90.9 Å². The van der Waals surface area contributed by atoms with Gasteiger partial charge in [0.05, 0.1) is 33.0 Å². The summed E-state index contributed by atoms with van der Waals surface area (Å²) in [5.74, 6) is -1.79. The third kappa shape index (κ3) is 5.18. The van der Waals surface area contributed by atoms with Crippen LogP contribution in [0.1, 0.15) is 10.4 Å². The molecule has 0 aliphatic heterocycles. The van der Waals surface area contributed by atoms with Crippen molar-refractivity contribution < 1.29 is 28.6 Å². The fourth-order valence-corrected chi connectivity index (χ4v) is 2.28. The van der Waals surface area contributed by atoms with E-state index in [1.165, 1.54) is 21.3 Å². The zero-order valence-corrected chi connectivity index (χ0v) is 15.1. The summed E-state index contributed by atoms with van der Waals surface area (Å²) >= 11 is 0. The number of methoxy groups -OCH3 is 3. The highest BCUT2D eigenvalue weighted by atomic mass is 16.5. The second-order valence-corrected chi connectivity index (χ2v) is 5.35. The average Bonchev–Trinajstić information content (AvgIpc) is 2.72. The molecule has 2 rings (SSSR count). The fourth-order valence-electron chi connectivity index (χ4n) is 2.28. The number of rotatable bonds is 6. The predicted octanol–water partition coefficient (Wildman–Crippen LogP) is 2.78. The van der Waals surface area contributed by atoms with Crippen LogP contribution in [0.2, 0.25) is 0 Å². The normalized spacial score (nSPS) is 10.7. The van der Waals surface area contributed by atoms with Crippen LogP contribution in [0.5, 0.6) is 0 Å².